The molecule has 0 bridgehead atoms. The van der Waals surface area contributed by atoms with E-state index < -0.39 is 0 Å². The van der Waals surface area contributed by atoms with Crippen LogP contribution in [0.3, 0.4) is 0 Å². The summed E-state index contributed by atoms with van der Waals surface area (Å²) in [6, 6.07) is 34.1. The quantitative estimate of drug-likeness (QED) is 0.397. The fraction of sp³-hybridized carbons (Fsp3) is 0.233. The van der Waals surface area contributed by atoms with Gasteiger partial charge in [-0.05, 0) is 54.0 Å². The Morgan fingerprint density at radius 1 is 0.771 bits per heavy atom. The normalized spacial score (nSPS) is 14.1. The molecule has 0 saturated carbocycles. The Balaban J connectivity index is 1.22. The van der Waals surface area contributed by atoms with Gasteiger partial charge in [-0.2, -0.15) is 0 Å². The van der Waals surface area contributed by atoms with Crippen molar-refractivity contribution in [2.24, 2.45) is 5.92 Å². The molecule has 1 N–H and O–H groups in total. The van der Waals surface area contributed by atoms with Crippen LogP contribution in [-0.4, -0.2) is 29.2 Å². The number of benzene rings is 3. The maximum absolute atomic E-state index is 13.1. The molecule has 0 spiro atoms. The molecule has 1 aromatic heterocycles. The Labute approximate surface area is 206 Å². The van der Waals surface area contributed by atoms with Gasteiger partial charge in [-0.15, -0.1) is 10.2 Å². The van der Waals surface area contributed by atoms with Gasteiger partial charge in [0.15, 0.2) is 11.5 Å². The van der Waals surface area contributed by atoms with Gasteiger partial charge in [0.25, 0.3) is 5.91 Å². The summed E-state index contributed by atoms with van der Waals surface area (Å²) < 4.78 is 0. The SMILES string of the molecule is O=C(NC(c1ccccc1)c1ccccc1)c1ccc(N2CCC(Cc3ccccc3)CC2)nn1. The van der Waals surface area contributed by atoms with E-state index in [1.807, 2.05) is 66.7 Å². The van der Waals surface area contributed by atoms with E-state index in [0.29, 0.717) is 11.6 Å². The summed E-state index contributed by atoms with van der Waals surface area (Å²) in [5.41, 5.74) is 3.78. The van der Waals surface area contributed by atoms with Crippen molar-refractivity contribution < 1.29 is 4.79 Å². The molecule has 2 heterocycles. The molecule has 1 amide bonds. The van der Waals surface area contributed by atoms with Gasteiger partial charge >= 0.3 is 0 Å². The van der Waals surface area contributed by atoms with Crippen molar-refractivity contribution in [3.8, 4) is 0 Å². The van der Waals surface area contributed by atoms with E-state index in [1.165, 1.54) is 5.56 Å². The highest BCUT2D eigenvalue weighted by Crippen LogP contribution is 2.25. The average Bonchev–Trinajstić information content (AvgIpc) is 2.94. The fourth-order valence-corrected chi connectivity index (χ4v) is 4.78. The Hall–Kier alpha value is -3.99. The lowest BCUT2D eigenvalue weighted by molar-refractivity contribution is 0.0937. The number of nitrogens with zero attached hydrogens (tertiary/aromatic N) is 3. The van der Waals surface area contributed by atoms with Gasteiger partial charge in [0, 0.05) is 13.1 Å². The van der Waals surface area contributed by atoms with E-state index in [4.69, 9.17) is 0 Å². The van der Waals surface area contributed by atoms with Crippen molar-refractivity contribution in [3.63, 3.8) is 0 Å². The zero-order valence-corrected chi connectivity index (χ0v) is 19.8. The molecular weight excluding hydrogens is 432 g/mol. The van der Waals surface area contributed by atoms with E-state index in [2.05, 4.69) is 50.7 Å². The lowest BCUT2D eigenvalue weighted by Gasteiger charge is -2.32. The highest BCUT2D eigenvalue weighted by Gasteiger charge is 2.22. The number of anilines is 1. The van der Waals surface area contributed by atoms with Crippen LogP contribution in [0.2, 0.25) is 0 Å². The summed E-state index contributed by atoms with van der Waals surface area (Å²) >= 11 is 0. The molecule has 176 valence electrons. The van der Waals surface area contributed by atoms with Crippen LogP contribution in [0.4, 0.5) is 5.82 Å². The first kappa shape index (κ1) is 22.8. The largest absolute Gasteiger partial charge is 0.355 e. The minimum atomic E-state index is -0.255. The third kappa shape index (κ3) is 5.75. The second-order valence-electron chi connectivity index (χ2n) is 9.12. The number of nitrogens with one attached hydrogen (secondary N) is 1. The summed E-state index contributed by atoms with van der Waals surface area (Å²) in [6.07, 6.45) is 3.40. The van der Waals surface area contributed by atoms with Crippen molar-refractivity contribution in [1.82, 2.24) is 15.5 Å². The smallest absolute Gasteiger partial charge is 0.272 e. The van der Waals surface area contributed by atoms with Gasteiger partial charge < -0.3 is 10.2 Å². The van der Waals surface area contributed by atoms with Crippen molar-refractivity contribution in [2.45, 2.75) is 25.3 Å². The number of aromatic nitrogens is 2. The minimum absolute atomic E-state index is 0.233. The molecule has 3 aromatic carbocycles. The van der Waals surface area contributed by atoms with Gasteiger partial charge in [0.05, 0.1) is 6.04 Å². The molecule has 35 heavy (non-hydrogen) atoms. The number of piperidine rings is 1. The molecule has 1 aliphatic rings. The molecular formula is C30H30N4O. The lowest BCUT2D eigenvalue weighted by Crippen LogP contribution is -2.35. The third-order valence-electron chi connectivity index (χ3n) is 6.73. The molecule has 5 heteroatoms. The van der Waals surface area contributed by atoms with Crippen LogP contribution in [0, 0.1) is 5.92 Å². The molecule has 1 fully saturated rings. The van der Waals surface area contributed by atoms with Gasteiger partial charge in [-0.25, -0.2) is 0 Å². The summed E-state index contributed by atoms with van der Waals surface area (Å²) in [6.45, 7) is 1.92. The molecule has 0 unspecified atom stereocenters. The number of amides is 1. The van der Waals surface area contributed by atoms with E-state index in [-0.39, 0.29) is 11.9 Å². The zero-order valence-electron chi connectivity index (χ0n) is 19.8. The first-order valence-corrected chi connectivity index (χ1v) is 12.3. The molecule has 0 aliphatic carbocycles. The van der Waals surface area contributed by atoms with Crippen molar-refractivity contribution in [2.75, 3.05) is 18.0 Å². The summed E-state index contributed by atoms with van der Waals surface area (Å²) in [4.78, 5) is 15.3. The van der Waals surface area contributed by atoms with Gasteiger partial charge in [0.1, 0.15) is 0 Å². The van der Waals surface area contributed by atoms with E-state index >= 15 is 0 Å². The second kappa shape index (κ2) is 11.0. The number of hydrogen-bond donors (Lipinski definition) is 1. The maximum Gasteiger partial charge on any atom is 0.272 e. The van der Waals surface area contributed by atoms with E-state index in [1.54, 1.807) is 6.07 Å². The Morgan fingerprint density at radius 2 is 1.34 bits per heavy atom. The molecule has 5 rings (SSSR count). The minimum Gasteiger partial charge on any atom is -0.355 e. The standard InChI is InChI=1S/C30H30N4O/c35-30(31-29(25-12-6-2-7-13-25)26-14-8-3-9-15-26)27-16-17-28(33-32-27)34-20-18-24(19-21-34)22-23-10-4-1-5-11-23/h1-17,24,29H,18-22H2,(H,31,35). The average molecular weight is 463 g/mol. The molecule has 5 nitrogen and oxygen atoms in total. The summed E-state index contributed by atoms with van der Waals surface area (Å²) in [5, 5.41) is 11.8. The lowest BCUT2D eigenvalue weighted by atomic mass is 9.90. The monoisotopic (exact) mass is 462 g/mol. The maximum atomic E-state index is 13.1. The third-order valence-corrected chi connectivity index (χ3v) is 6.73. The van der Waals surface area contributed by atoms with Crippen molar-refractivity contribution >= 4 is 11.7 Å². The predicted molar refractivity (Wildman–Crippen MR) is 139 cm³/mol. The van der Waals surface area contributed by atoms with Crippen molar-refractivity contribution in [1.29, 1.82) is 0 Å². The number of carbonyl (C=O) groups is 1. The highest BCUT2D eigenvalue weighted by molar-refractivity contribution is 5.92. The van der Waals surface area contributed by atoms with Crippen LogP contribution in [0.25, 0.3) is 0 Å². The first-order valence-electron chi connectivity index (χ1n) is 12.3. The molecule has 1 aliphatic heterocycles. The van der Waals surface area contributed by atoms with Crippen molar-refractivity contribution in [3.05, 3.63) is 126 Å². The predicted octanol–water partition coefficient (Wildman–Crippen LogP) is 5.46. The first-order chi connectivity index (χ1) is 17.3. The topological polar surface area (TPSA) is 58.1 Å². The molecule has 1 saturated heterocycles. The van der Waals surface area contributed by atoms with Crippen LogP contribution >= 0.6 is 0 Å². The summed E-state index contributed by atoms with van der Waals surface area (Å²) in [5.74, 6) is 1.30. The molecule has 0 radical (unpaired) electrons. The Bertz CT molecular complexity index is 1170. The number of hydrogen-bond acceptors (Lipinski definition) is 4. The summed E-state index contributed by atoms with van der Waals surface area (Å²) in [7, 11) is 0. The van der Waals surface area contributed by atoms with Crippen LogP contribution in [0.1, 0.15) is 46.1 Å². The van der Waals surface area contributed by atoms with E-state index in [9.17, 15) is 4.79 Å². The van der Waals surface area contributed by atoms with Crippen LogP contribution in [0.5, 0.6) is 0 Å². The van der Waals surface area contributed by atoms with Gasteiger partial charge in [-0.1, -0.05) is 91.0 Å². The molecule has 0 atom stereocenters. The van der Waals surface area contributed by atoms with Gasteiger partial charge in [-0.3, -0.25) is 4.79 Å². The number of carbonyl (C=O) groups excluding carboxylic acids is 1. The highest BCUT2D eigenvalue weighted by atomic mass is 16.2. The Morgan fingerprint density at radius 3 is 1.89 bits per heavy atom. The zero-order chi connectivity index (χ0) is 23.9. The van der Waals surface area contributed by atoms with Crippen LogP contribution in [0.15, 0.2) is 103 Å². The number of rotatable bonds is 7. The van der Waals surface area contributed by atoms with E-state index in [0.717, 1.165) is 49.3 Å². The van der Waals surface area contributed by atoms with Crippen LogP contribution < -0.4 is 10.2 Å². The van der Waals surface area contributed by atoms with Crippen LogP contribution in [-0.2, 0) is 6.42 Å². The fourth-order valence-electron chi connectivity index (χ4n) is 4.78. The Kier molecular flexibility index (Phi) is 7.13. The second-order valence-corrected chi connectivity index (χ2v) is 9.12. The molecule has 4 aromatic rings. The van der Waals surface area contributed by atoms with Gasteiger partial charge in [0.2, 0.25) is 0 Å².